The van der Waals surface area contributed by atoms with Crippen molar-refractivity contribution in [3.05, 3.63) is 10.1 Å². The van der Waals surface area contributed by atoms with E-state index in [1.54, 1.807) is 0 Å². The normalized spacial score (nSPS) is 29.9. The maximum atomic E-state index is 11.2. The van der Waals surface area contributed by atoms with Crippen molar-refractivity contribution in [2.75, 3.05) is 14.2 Å². The highest BCUT2D eigenvalue weighted by Crippen LogP contribution is 2.31. The van der Waals surface area contributed by atoms with Gasteiger partial charge in [0.05, 0.1) is 19.1 Å². The Labute approximate surface area is 86.4 Å². The molecule has 7 nitrogen and oxygen atoms in total. The summed E-state index contributed by atoms with van der Waals surface area (Å²) in [6.45, 7) is 0. The van der Waals surface area contributed by atoms with Crippen LogP contribution in [0, 0.1) is 16.0 Å². The van der Waals surface area contributed by atoms with Gasteiger partial charge in [-0.1, -0.05) is 0 Å². The average molecular weight is 219 g/mol. The molecular formula is C8H13NO6. The minimum absolute atomic E-state index is 0.256. The van der Waals surface area contributed by atoms with Gasteiger partial charge in [-0.3, -0.25) is 4.79 Å². The van der Waals surface area contributed by atoms with Crippen LogP contribution >= 0.6 is 0 Å². The first kappa shape index (κ1) is 11.7. The Morgan fingerprint density at radius 2 is 1.93 bits per heavy atom. The number of methoxy groups -OCH3 is 2. The first-order valence-electron chi connectivity index (χ1n) is 4.50. The van der Waals surface area contributed by atoms with Crippen LogP contribution in [0.15, 0.2) is 0 Å². The third kappa shape index (κ3) is 2.79. The molecule has 0 N–H and O–H groups in total. The molecule has 1 aliphatic carbocycles. The molecule has 0 saturated heterocycles. The summed E-state index contributed by atoms with van der Waals surface area (Å²) in [5, 5.41) is 9.31. The van der Waals surface area contributed by atoms with Crippen molar-refractivity contribution < 1.29 is 24.2 Å². The van der Waals surface area contributed by atoms with Crippen molar-refractivity contribution in [3.8, 4) is 0 Å². The van der Waals surface area contributed by atoms with Crippen molar-refractivity contribution in [3.63, 3.8) is 0 Å². The molecule has 0 spiro atoms. The number of hydrogen-bond acceptors (Lipinski definition) is 6. The van der Waals surface area contributed by atoms with Crippen LogP contribution in [-0.4, -0.2) is 37.5 Å². The van der Waals surface area contributed by atoms with Crippen LogP contribution < -0.4 is 0 Å². The van der Waals surface area contributed by atoms with Crippen LogP contribution in [0.2, 0.25) is 0 Å². The van der Waals surface area contributed by atoms with Gasteiger partial charge in [0.15, 0.2) is 0 Å². The Balaban J connectivity index is 2.58. The van der Waals surface area contributed by atoms with Crippen LogP contribution in [0.1, 0.15) is 12.8 Å². The second-order valence-corrected chi connectivity index (χ2v) is 3.33. The molecule has 0 bridgehead atoms. The highest BCUT2D eigenvalue weighted by molar-refractivity contribution is 5.72. The smallest absolute Gasteiger partial charge is 0.308 e. The lowest BCUT2D eigenvalue weighted by atomic mass is 10.1. The van der Waals surface area contributed by atoms with Gasteiger partial charge in [-0.05, 0) is 12.8 Å². The fourth-order valence-corrected chi connectivity index (χ4v) is 1.79. The zero-order valence-corrected chi connectivity index (χ0v) is 8.54. The van der Waals surface area contributed by atoms with E-state index in [0.717, 1.165) is 0 Å². The molecule has 0 radical (unpaired) electrons. The second-order valence-electron chi connectivity index (χ2n) is 3.33. The van der Waals surface area contributed by atoms with Gasteiger partial charge in [-0.2, -0.15) is 0 Å². The van der Waals surface area contributed by atoms with Crippen LogP contribution in [0.4, 0.5) is 0 Å². The summed E-state index contributed by atoms with van der Waals surface area (Å²) in [5.41, 5.74) is 0. The monoisotopic (exact) mass is 219 g/mol. The van der Waals surface area contributed by atoms with Gasteiger partial charge in [0.2, 0.25) is 0 Å². The van der Waals surface area contributed by atoms with Crippen LogP contribution in [0.25, 0.3) is 0 Å². The molecule has 3 unspecified atom stereocenters. The molecule has 1 fully saturated rings. The lowest BCUT2D eigenvalue weighted by Crippen LogP contribution is -2.27. The number of rotatable bonds is 4. The summed E-state index contributed by atoms with van der Waals surface area (Å²) >= 11 is 0. The van der Waals surface area contributed by atoms with E-state index in [2.05, 4.69) is 9.57 Å². The molecule has 1 saturated carbocycles. The lowest BCUT2D eigenvalue weighted by molar-refractivity contribution is -0.770. The summed E-state index contributed by atoms with van der Waals surface area (Å²) in [5.74, 6) is -0.767. The number of carbonyl (C=O) groups is 1. The fraction of sp³-hybridized carbons (Fsp3) is 0.875. The maximum absolute atomic E-state index is 11.2. The van der Waals surface area contributed by atoms with E-state index in [9.17, 15) is 14.9 Å². The van der Waals surface area contributed by atoms with Gasteiger partial charge in [-0.15, -0.1) is 10.1 Å². The molecule has 86 valence electrons. The molecule has 0 heterocycles. The van der Waals surface area contributed by atoms with Crippen LogP contribution in [0.3, 0.4) is 0 Å². The van der Waals surface area contributed by atoms with E-state index in [0.29, 0.717) is 6.42 Å². The van der Waals surface area contributed by atoms with Gasteiger partial charge >= 0.3 is 5.97 Å². The predicted molar refractivity (Wildman–Crippen MR) is 47.4 cm³/mol. The molecule has 0 aromatic carbocycles. The van der Waals surface area contributed by atoms with E-state index < -0.39 is 17.3 Å². The number of nitrogens with zero attached hydrogens (tertiary/aromatic N) is 1. The van der Waals surface area contributed by atoms with Crippen molar-refractivity contribution in [2.24, 2.45) is 5.92 Å². The Hall–Kier alpha value is -1.37. The summed E-state index contributed by atoms with van der Waals surface area (Å²) in [6.07, 6.45) is -0.470. The Morgan fingerprint density at radius 3 is 2.40 bits per heavy atom. The van der Waals surface area contributed by atoms with E-state index in [1.807, 2.05) is 0 Å². The quantitative estimate of drug-likeness (QED) is 0.380. The van der Waals surface area contributed by atoms with Crippen molar-refractivity contribution >= 4 is 5.97 Å². The number of hydrogen-bond donors (Lipinski definition) is 0. The molecule has 15 heavy (non-hydrogen) atoms. The zero-order chi connectivity index (χ0) is 11.4. The van der Waals surface area contributed by atoms with Crippen molar-refractivity contribution in [2.45, 2.75) is 25.0 Å². The van der Waals surface area contributed by atoms with Gasteiger partial charge in [0, 0.05) is 7.11 Å². The van der Waals surface area contributed by atoms with E-state index in [-0.39, 0.29) is 18.3 Å². The Morgan fingerprint density at radius 1 is 1.33 bits per heavy atom. The molecule has 3 atom stereocenters. The van der Waals surface area contributed by atoms with Gasteiger partial charge < -0.3 is 14.3 Å². The molecule has 1 rings (SSSR count). The predicted octanol–water partition coefficient (Wildman–Crippen LogP) is 0.161. The topological polar surface area (TPSA) is 87.9 Å². The fourth-order valence-electron chi connectivity index (χ4n) is 1.79. The molecule has 0 aromatic rings. The highest BCUT2D eigenvalue weighted by Gasteiger charge is 2.40. The summed E-state index contributed by atoms with van der Waals surface area (Å²) in [4.78, 5) is 25.8. The van der Waals surface area contributed by atoms with Crippen molar-refractivity contribution in [1.29, 1.82) is 0 Å². The largest absolute Gasteiger partial charge is 0.469 e. The molecular weight excluding hydrogens is 206 g/mol. The first-order chi connectivity index (χ1) is 7.08. The minimum Gasteiger partial charge on any atom is -0.469 e. The molecule has 0 amide bonds. The molecule has 0 aliphatic heterocycles. The van der Waals surface area contributed by atoms with Crippen molar-refractivity contribution in [1.82, 2.24) is 0 Å². The summed E-state index contributed by atoms with van der Waals surface area (Å²) in [6, 6.07) is 0. The average Bonchev–Trinajstić information content (AvgIpc) is 2.59. The van der Waals surface area contributed by atoms with Crippen LogP contribution in [-0.2, 0) is 19.1 Å². The van der Waals surface area contributed by atoms with Gasteiger partial charge in [0.1, 0.15) is 6.10 Å². The Bertz CT molecular complexity index is 256. The second kappa shape index (κ2) is 4.92. The third-order valence-electron chi connectivity index (χ3n) is 2.51. The molecule has 1 aliphatic rings. The first-order valence-corrected chi connectivity index (χ1v) is 4.50. The van der Waals surface area contributed by atoms with E-state index in [1.165, 1.54) is 14.2 Å². The number of ether oxygens (including phenoxy) is 2. The standard InChI is InChI=1S/C8H13NO6/c1-13-6-3-5(8(10)14-2)4-7(6)15-9(11)12/h5-7H,3-4H2,1-2H3. The van der Waals surface area contributed by atoms with Gasteiger partial charge in [-0.25, -0.2) is 0 Å². The SMILES string of the molecule is COC(=O)C1CC(OC)C(O[N+](=O)[O-])C1. The summed E-state index contributed by atoms with van der Waals surface area (Å²) in [7, 11) is 2.71. The number of carbonyl (C=O) groups excluding carboxylic acids is 1. The van der Waals surface area contributed by atoms with Gasteiger partial charge in [0.25, 0.3) is 5.09 Å². The minimum atomic E-state index is -0.865. The molecule has 0 aromatic heterocycles. The van der Waals surface area contributed by atoms with Crippen LogP contribution in [0.5, 0.6) is 0 Å². The molecule has 7 heteroatoms. The zero-order valence-electron chi connectivity index (χ0n) is 8.54. The highest BCUT2D eigenvalue weighted by atomic mass is 17.0. The maximum Gasteiger partial charge on any atom is 0.308 e. The Kier molecular flexibility index (Phi) is 3.84. The summed E-state index contributed by atoms with van der Waals surface area (Å²) < 4.78 is 9.57. The number of esters is 1. The van der Waals surface area contributed by atoms with E-state index in [4.69, 9.17) is 4.74 Å². The third-order valence-corrected chi connectivity index (χ3v) is 2.51. The lowest BCUT2D eigenvalue weighted by Gasteiger charge is -2.14. The van der Waals surface area contributed by atoms with E-state index >= 15 is 0 Å².